The lowest BCUT2D eigenvalue weighted by atomic mass is 10.0. The van der Waals surface area contributed by atoms with Gasteiger partial charge in [-0.25, -0.2) is 9.13 Å². The molecule has 0 saturated heterocycles. The van der Waals surface area contributed by atoms with Crippen LogP contribution in [0.25, 0.3) is 0 Å². The Balaban J connectivity index is 5.19. The van der Waals surface area contributed by atoms with Gasteiger partial charge in [-0.1, -0.05) is 298 Å². The van der Waals surface area contributed by atoms with E-state index in [0.29, 0.717) is 25.7 Å². The predicted molar refractivity (Wildman–Crippen MR) is 354 cm³/mol. The summed E-state index contributed by atoms with van der Waals surface area (Å²) >= 11 is 0. The summed E-state index contributed by atoms with van der Waals surface area (Å²) in [5, 5.41) is 10.6. The number of hydrogen-bond acceptors (Lipinski definition) is 15. The van der Waals surface area contributed by atoms with Gasteiger partial charge in [0, 0.05) is 25.7 Å². The van der Waals surface area contributed by atoms with Gasteiger partial charge in [0.25, 0.3) is 0 Å². The van der Waals surface area contributed by atoms with Crippen LogP contribution >= 0.6 is 15.6 Å². The van der Waals surface area contributed by atoms with Crippen LogP contribution in [0.4, 0.5) is 0 Å². The molecule has 0 heterocycles. The minimum atomic E-state index is -4.95. The van der Waals surface area contributed by atoms with Gasteiger partial charge in [-0.3, -0.25) is 37.3 Å². The van der Waals surface area contributed by atoms with Crippen LogP contribution in [0.2, 0.25) is 0 Å². The number of carbonyl (C=O) groups excluding carboxylic acids is 4. The van der Waals surface area contributed by atoms with E-state index < -0.39 is 97.5 Å². The van der Waals surface area contributed by atoms with E-state index in [2.05, 4.69) is 41.5 Å². The van der Waals surface area contributed by atoms with Crippen molar-refractivity contribution in [1.82, 2.24) is 0 Å². The molecule has 522 valence electrons. The van der Waals surface area contributed by atoms with Gasteiger partial charge in [-0.2, -0.15) is 0 Å². The third-order valence-electron chi connectivity index (χ3n) is 16.0. The van der Waals surface area contributed by atoms with Crippen molar-refractivity contribution >= 4 is 39.5 Å². The fourth-order valence-corrected chi connectivity index (χ4v) is 12.0. The highest BCUT2D eigenvalue weighted by Crippen LogP contribution is 2.45. The van der Waals surface area contributed by atoms with E-state index in [1.807, 2.05) is 0 Å². The van der Waals surface area contributed by atoms with Gasteiger partial charge < -0.3 is 33.8 Å². The monoisotopic (exact) mass is 1300 g/mol. The summed E-state index contributed by atoms with van der Waals surface area (Å²) in [6, 6.07) is 0. The van der Waals surface area contributed by atoms with E-state index in [1.165, 1.54) is 161 Å². The summed E-state index contributed by atoms with van der Waals surface area (Å²) in [5.41, 5.74) is 0. The number of aliphatic hydroxyl groups is 1. The molecule has 0 aliphatic heterocycles. The Morgan fingerprint density at radius 1 is 0.307 bits per heavy atom. The largest absolute Gasteiger partial charge is 0.472 e. The molecule has 0 aromatic heterocycles. The SMILES string of the molecule is CCCCCCCCCCCC(=O)O[C@H](COC(=O)CCCCCCCCCC)COP(=O)(O)OC[C@H](O)COP(=O)(O)OC[C@@H](COC(=O)CCCCCCCCCCCCC(C)C)OC(=O)CCCCCCCCCCCCCCCCCC(C)C. The zero-order valence-electron chi connectivity index (χ0n) is 57.0. The number of unbranched alkanes of at least 4 members (excludes halogenated alkanes) is 38. The first-order valence-corrected chi connectivity index (χ1v) is 39.0. The van der Waals surface area contributed by atoms with Crippen LogP contribution in [-0.4, -0.2) is 96.7 Å². The molecule has 2 unspecified atom stereocenters. The fraction of sp³-hybridized carbons (Fsp3) is 0.942. The Labute approximate surface area is 537 Å². The molecule has 0 aromatic rings. The molecule has 19 heteroatoms. The highest BCUT2D eigenvalue weighted by atomic mass is 31.2. The number of phosphoric acid groups is 2. The van der Waals surface area contributed by atoms with Gasteiger partial charge in [-0.15, -0.1) is 0 Å². The maximum Gasteiger partial charge on any atom is 0.472 e. The average Bonchev–Trinajstić information content (AvgIpc) is 3.54. The number of aliphatic hydroxyl groups excluding tert-OH is 1. The maximum absolute atomic E-state index is 13.0. The molecular formula is C69H134O17P2. The summed E-state index contributed by atoms with van der Waals surface area (Å²) in [4.78, 5) is 72.3. The van der Waals surface area contributed by atoms with Crippen molar-refractivity contribution in [3.8, 4) is 0 Å². The summed E-state index contributed by atoms with van der Waals surface area (Å²) in [6.07, 6.45) is 45.9. The average molecular weight is 1300 g/mol. The molecule has 3 N–H and O–H groups in total. The standard InChI is InChI=1S/C69H134O17P2/c1-7-9-11-13-15-26-35-41-47-53-68(73)85-64(57-79-66(71)51-45-39-33-16-14-12-10-8-2)59-83-87(75,76)81-55-63(70)56-82-88(77,78)84-60-65(58-80-67(72)52-46-40-34-29-25-24-28-32-38-44-50-62(5)6)86-69(74)54-48-42-36-30-23-21-19-17-18-20-22-27-31-37-43-49-61(3)4/h61-65,70H,7-60H2,1-6H3,(H,75,76)(H,77,78)/t63-,64+,65+/m0/s1. The first-order chi connectivity index (χ1) is 42.4. The summed E-state index contributed by atoms with van der Waals surface area (Å²) in [7, 11) is -9.89. The van der Waals surface area contributed by atoms with Gasteiger partial charge in [0.15, 0.2) is 12.2 Å². The lowest BCUT2D eigenvalue weighted by molar-refractivity contribution is -0.161. The third kappa shape index (κ3) is 62.8. The second kappa shape index (κ2) is 61.3. The second-order valence-electron chi connectivity index (χ2n) is 25.9. The lowest BCUT2D eigenvalue weighted by Crippen LogP contribution is -2.30. The molecule has 5 atom stereocenters. The van der Waals surface area contributed by atoms with Crippen LogP contribution in [0.5, 0.6) is 0 Å². The molecule has 0 radical (unpaired) electrons. The van der Waals surface area contributed by atoms with Crippen LogP contribution in [0.15, 0.2) is 0 Å². The molecule has 0 rings (SSSR count). The van der Waals surface area contributed by atoms with Crippen molar-refractivity contribution < 1.29 is 80.2 Å². The highest BCUT2D eigenvalue weighted by Gasteiger charge is 2.30. The zero-order valence-corrected chi connectivity index (χ0v) is 58.8. The van der Waals surface area contributed by atoms with Crippen LogP contribution in [0.1, 0.15) is 350 Å². The molecule has 17 nitrogen and oxygen atoms in total. The van der Waals surface area contributed by atoms with E-state index in [1.54, 1.807) is 0 Å². The third-order valence-corrected chi connectivity index (χ3v) is 17.9. The molecule has 0 aromatic carbocycles. The van der Waals surface area contributed by atoms with Gasteiger partial charge >= 0.3 is 39.5 Å². The molecule has 0 aliphatic carbocycles. The van der Waals surface area contributed by atoms with Gasteiger partial charge in [0.05, 0.1) is 26.4 Å². The van der Waals surface area contributed by atoms with E-state index in [9.17, 15) is 43.2 Å². The van der Waals surface area contributed by atoms with Crippen molar-refractivity contribution in [2.45, 2.75) is 368 Å². The van der Waals surface area contributed by atoms with E-state index in [-0.39, 0.29) is 25.7 Å². The smallest absolute Gasteiger partial charge is 0.462 e. The molecule has 0 saturated carbocycles. The topological polar surface area (TPSA) is 237 Å². The van der Waals surface area contributed by atoms with Gasteiger partial charge in [0.1, 0.15) is 19.3 Å². The Hall–Kier alpha value is -1.94. The number of carbonyl (C=O) groups is 4. The van der Waals surface area contributed by atoms with Crippen molar-refractivity contribution in [2.75, 3.05) is 39.6 Å². The number of phosphoric ester groups is 2. The Morgan fingerprint density at radius 2 is 0.523 bits per heavy atom. The molecular weight excluding hydrogens is 1160 g/mol. The Bertz CT molecular complexity index is 1720. The van der Waals surface area contributed by atoms with Crippen LogP contribution in [0, 0.1) is 11.8 Å². The molecule has 0 aliphatic rings. The first kappa shape index (κ1) is 86.1. The van der Waals surface area contributed by atoms with Gasteiger partial charge in [-0.05, 0) is 37.5 Å². The van der Waals surface area contributed by atoms with E-state index in [0.717, 1.165) is 108 Å². The van der Waals surface area contributed by atoms with Crippen molar-refractivity contribution in [2.24, 2.45) is 11.8 Å². The van der Waals surface area contributed by atoms with Crippen LogP contribution in [0.3, 0.4) is 0 Å². The zero-order chi connectivity index (χ0) is 65.0. The quantitative estimate of drug-likeness (QED) is 0.0222. The summed E-state index contributed by atoms with van der Waals surface area (Å²) in [5.74, 6) is -0.568. The summed E-state index contributed by atoms with van der Waals surface area (Å²) < 4.78 is 68.1. The highest BCUT2D eigenvalue weighted by molar-refractivity contribution is 7.47. The molecule has 0 fully saturated rings. The molecule has 88 heavy (non-hydrogen) atoms. The fourth-order valence-electron chi connectivity index (χ4n) is 10.4. The number of esters is 4. The van der Waals surface area contributed by atoms with Crippen molar-refractivity contribution in [1.29, 1.82) is 0 Å². The van der Waals surface area contributed by atoms with Crippen LogP contribution < -0.4 is 0 Å². The maximum atomic E-state index is 13.0. The van der Waals surface area contributed by atoms with E-state index in [4.69, 9.17) is 37.0 Å². The number of hydrogen-bond donors (Lipinski definition) is 3. The van der Waals surface area contributed by atoms with Crippen LogP contribution in [-0.2, 0) is 65.4 Å². The summed E-state index contributed by atoms with van der Waals surface area (Å²) in [6.45, 7) is 9.52. The normalized spacial score (nSPS) is 14.2. The number of rotatable bonds is 68. The van der Waals surface area contributed by atoms with Gasteiger partial charge in [0.2, 0.25) is 0 Å². The molecule has 0 bridgehead atoms. The van der Waals surface area contributed by atoms with Crippen molar-refractivity contribution in [3.05, 3.63) is 0 Å². The lowest BCUT2D eigenvalue weighted by Gasteiger charge is -2.21. The second-order valence-corrected chi connectivity index (χ2v) is 28.8. The molecule has 0 amide bonds. The first-order valence-electron chi connectivity index (χ1n) is 36.0. The predicted octanol–water partition coefficient (Wildman–Crippen LogP) is 19.6. The van der Waals surface area contributed by atoms with Crippen molar-refractivity contribution in [3.63, 3.8) is 0 Å². The number of ether oxygens (including phenoxy) is 4. The molecule has 0 spiro atoms. The Morgan fingerprint density at radius 3 is 0.773 bits per heavy atom. The Kier molecular flexibility index (Phi) is 59.9. The minimum absolute atomic E-state index is 0.105. The van der Waals surface area contributed by atoms with E-state index >= 15 is 0 Å². The minimum Gasteiger partial charge on any atom is -0.462 e.